The Hall–Kier alpha value is -1.78. The molecular formula is C40H69NO14. The number of ketones is 1. The molecule has 318 valence electrons. The third kappa shape index (κ3) is 10.3. The van der Waals surface area contributed by atoms with Crippen LogP contribution in [0.1, 0.15) is 88.5 Å². The number of nitrogens with zero attached hydrogens (tertiary/aromatic N) is 1. The third-order valence-corrected chi connectivity index (χ3v) is 12.3. The molecule has 0 radical (unpaired) electrons. The van der Waals surface area contributed by atoms with Gasteiger partial charge in [0, 0.05) is 31.3 Å². The van der Waals surface area contributed by atoms with Crippen LogP contribution in [0.2, 0.25) is 0 Å². The maximum absolute atomic E-state index is 14.2. The summed E-state index contributed by atoms with van der Waals surface area (Å²) in [5, 5.41) is 58.2. The van der Waals surface area contributed by atoms with Crippen LogP contribution >= 0.6 is 0 Å². The van der Waals surface area contributed by atoms with Crippen LogP contribution in [-0.4, -0.2) is 160 Å². The van der Waals surface area contributed by atoms with Gasteiger partial charge in [-0.2, -0.15) is 0 Å². The molecular weight excluding hydrogens is 718 g/mol. The minimum atomic E-state index is -2.02. The minimum Gasteiger partial charge on any atom is -0.459 e. The van der Waals surface area contributed by atoms with Gasteiger partial charge in [-0.1, -0.05) is 33.6 Å². The van der Waals surface area contributed by atoms with Crippen LogP contribution < -0.4 is 0 Å². The molecule has 3 saturated heterocycles. The molecule has 19 atom stereocenters. The van der Waals surface area contributed by atoms with E-state index in [-0.39, 0.29) is 25.9 Å². The van der Waals surface area contributed by atoms with Gasteiger partial charge in [0.2, 0.25) is 0 Å². The molecule has 3 heterocycles. The number of aliphatic hydroxyl groups excluding tert-OH is 3. The van der Waals surface area contributed by atoms with Crippen LogP contribution in [0.3, 0.4) is 0 Å². The second-order valence-electron chi connectivity index (χ2n) is 17.0. The standard InChI is InChI=1S/C40H69NO14/c1-15-17-50-32-24(7)52-37(30(43)28(32)41(12)13)55-35-22(5)31(54-27-19-39(10,49-14)34(45)25(8)51-27)23(6)36(46)53-26(16-2)40(11,48)33(44)21(4)29(42)20(3)18-38(35,9)47/h1,20-28,30-35,37,43-45,47-48H,16-19H2,2-14H3/t20-,21+,22+,23-,24-,25+,26-,27+,28?,30-,31+,32-,33-,34+,35-,37+,38-,39?,40-/m1/s1. The van der Waals surface area contributed by atoms with Crippen molar-refractivity contribution in [3.05, 3.63) is 0 Å². The Morgan fingerprint density at radius 1 is 0.891 bits per heavy atom. The van der Waals surface area contributed by atoms with E-state index < -0.39 is 126 Å². The number of terminal acetylenes is 1. The van der Waals surface area contributed by atoms with Gasteiger partial charge < -0.3 is 63.6 Å². The van der Waals surface area contributed by atoms with Crippen molar-refractivity contribution in [2.75, 3.05) is 27.8 Å². The summed E-state index contributed by atoms with van der Waals surface area (Å²) in [4.78, 5) is 29.8. The second kappa shape index (κ2) is 18.9. The Morgan fingerprint density at radius 3 is 2.05 bits per heavy atom. The molecule has 0 spiro atoms. The number of carbonyl (C=O) groups is 2. The first-order valence-electron chi connectivity index (χ1n) is 19.5. The van der Waals surface area contributed by atoms with Crippen molar-refractivity contribution in [3.63, 3.8) is 0 Å². The molecule has 3 rings (SSSR count). The Labute approximate surface area is 327 Å². The van der Waals surface area contributed by atoms with Gasteiger partial charge in [-0.15, -0.1) is 6.42 Å². The summed E-state index contributed by atoms with van der Waals surface area (Å²) < 4.78 is 43.2. The van der Waals surface area contributed by atoms with Crippen molar-refractivity contribution in [2.24, 2.45) is 23.7 Å². The monoisotopic (exact) mass is 787 g/mol. The molecule has 5 N–H and O–H groups in total. The molecule has 3 aliphatic rings. The number of Topliss-reactive ketones (excluding diaryl/α,β-unsaturated/α-hetero) is 1. The topological polar surface area (TPSA) is 203 Å². The molecule has 3 fully saturated rings. The lowest BCUT2D eigenvalue weighted by Crippen LogP contribution is -2.65. The number of hydrogen-bond acceptors (Lipinski definition) is 15. The van der Waals surface area contributed by atoms with E-state index in [1.54, 1.807) is 67.5 Å². The molecule has 0 aromatic carbocycles. The molecule has 0 amide bonds. The van der Waals surface area contributed by atoms with Crippen molar-refractivity contribution < 1.29 is 68.3 Å². The number of ether oxygens (including phenoxy) is 7. The lowest BCUT2D eigenvalue weighted by Gasteiger charge is -2.50. The highest BCUT2D eigenvalue weighted by molar-refractivity contribution is 5.83. The molecule has 15 nitrogen and oxygen atoms in total. The van der Waals surface area contributed by atoms with Crippen LogP contribution in [0.5, 0.6) is 0 Å². The van der Waals surface area contributed by atoms with Crippen LogP contribution in [0.25, 0.3) is 0 Å². The summed E-state index contributed by atoms with van der Waals surface area (Å²) in [5.41, 5.74) is -4.96. The fraction of sp³-hybridized carbons (Fsp3) is 0.900. The van der Waals surface area contributed by atoms with E-state index in [4.69, 9.17) is 39.6 Å². The second-order valence-corrected chi connectivity index (χ2v) is 17.0. The quantitative estimate of drug-likeness (QED) is 0.166. The van der Waals surface area contributed by atoms with Crippen molar-refractivity contribution in [1.29, 1.82) is 0 Å². The molecule has 55 heavy (non-hydrogen) atoms. The lowest BCUT2D eigenvalue weighted by molar-refractivity contribution is -0.329. The third-order valence-electron chi connectivity index (χ3n) is 12.3. The molecule has 0 aromatic rings. The van der Waals surface area contributed by atoms with Gasteiger partial charge >= 0.3 is 5.97 Å². The fourth-order valence-corrected chi connectivity index (χ4v) is 8.85. The Kier molecular flexibility index (Phi) is 16.3. The summed E-state index contributed by atoms with van der Waals surface area (Å²) in [6.45, 7) is 16.0. The summed E-state index contributed by atoms with van der Waals surface area (Å²) in [6, 6.07) is -0.654. The summed E-state index contributed by atoms with van der Waals surface area (Å²) in [5.74, 6) is -2.78. The van der Waals surface area contributed by atoms with Crippen molar-refractivity contribution >= 4 is 11.8 Å². The largest absolute Gasteiger partial charge is 0.459 e. The number of aliphatic hydroxyl groups is 5. The van der Waals surface area contributed by atoms with Gasteiger partial charge in [0.15, 0.2) is 12.6 Å². The Balaban J connectivity index is 2.20. The van der Waals surface area contributed by atoms with Gasteiger partial charge in [-0.3, -0.25) is 9.59 Å². The van der Waals surface area contributed by atoms with Crippen LogP contribution in [0.15, 0.2) is 0 Å². The van der Waals surface area contributed by atoms with E-state index in [2.05, 4.69) is 5.92 Å². The maximum atomic E-state index is 14.2. The molecule has 3 aliphatic heterocycles. The zero-order chi connectivity index (χ0) is 42.0. The zero-order valence-electron chi connectivity index (χ0n) is 35.0. The van der Waals surface area contributed by atoms with Crippen molar-refractivity contribution in [1.82, 2.24) is 4.90 Å². The highest BCUT2D eigenvalue weighted by Crippen LogP contribution is 2.41. The highest BCUT2D eigenvalue weighted by atomic mass is 16.7. The highest BCUT2D eigenvalue weighted by Gasteiger charge is 2.54. The number of rotatable bonds is 9. The Morgan fingerprint density at radius 2 is 1.51 bits per heavy atom. The Bertz CT molecular complexity index is 1320. The van der Waals surface area contributed by atoms with Gasteiger partial charge in [-0.05, 0) is 68.5 Å². The molecule has 15 heteroatoms. The normalized spacial score (nSPS) is 48.2. The van der Waals surface area contributed by atoms with Gasteiger partial charge in [0.1, 0.15) is 42.4 Å². The van der Waals surface area contributed by atoms with E-state index >= 15 is 0 Å². The molecule has 0 saturated carbocycles. The van der Waals surface area contributed by atoms with E-state index in [1.165, 1.54) is 27.9 Å². The first-order valence-corrected chi connectivity index (χ1v) is 19.5. The maximum Gasteiger partial charge on any atom is 0.311 e. The number of methoxy groups -OCH3 is 1. The number of likely N-dealkylation sites (N-methyl/N-ethyl adjacent to an activating group) is 1. The fourth-order valence-electron chi connectivity index (χ4n) is 8.85. The number of hydrogen-bond donors (Lipinski definition) is 5. The number of esters is 1. The smallest absolute Gasteiger partial charge is 0.311 e. The molecule has 2 unspecified atom stereocenters. The number of carbonyl (C=O) groups excluding carboxylic acids is 2. The average Bonchev–Trinajstić information content (AvgIpc) is 3.11. The molecule has 0 aromatic heterocycles. The van der Waals surface area contributed by atoms with Crippen LogP contribution in [0, 0.1) is 36.0 Å². The average molecular weight is 788 g/mol. The van der Waals surface area contributed by atoms with Crippen molar-refractivity contribution in [3.8, 4) is 12.3 Å². The minimum absolute atomic E-state index is 0.0172. The van der Waals surface area contributed by atoms with E-state index in [0.29, 0.717) is 0 Å². The predicted octanol–water partition coefficient (Wildman–Crippen LogP) is 1.41. The summed E-state index contributed by atoms with van der Waals surface area (Å²) >= 11 is 0. The van der Waals surface area contributed by atoms with Crippen LogP contribution in [0.4, 0.5) is 0 Å². The van der Waals surface area contributed by atoms with Crippen LogP contribution in [-0.2, 0) is 42.7 Å². The molecule has 0 aliphatic carbocycles. The lowest BCUT2D eigenvalue weighted by atomic mass is 9.74. The van der Waals surface area contributed by atoms with E-state index in [1.807, 2.05) is 0 Å². The first kappa shape index (κ1) is 47.6. The summed E-state index contributed by atoms with van der Waals surface area (Å²) in [7, 11) is 5.01. The zero-order valence-corrected chi connectivity index (χ0v) is 35.0. The molecule has 0 bridgehead atoms. The summed E-state index contributed by atoms with van der Waals surface area (Å²) in [6.07, 6.45) is -6.48. The van der Waals surface area contributed by atoms with Gasteiger partial charge in [0.25, 0.3) is 0 Å². The van der Waals surface area contributed by atoms with Gasteiger partial charge in [-0.25, -0.2) is 0 Å². The predicted molar refractivity (Wildman–Crippen MR) is 200 cm³/mol. The SMILES string of the molecule is C#CCO[C@H]1C(N(C)C)[C@@H](O)[C@H](O[C@@H]2[C@@H](C)[C@H](O[C@H]3CC(C)(OC)[C@@H](O)[C@H](C)O3)[C@@H](C)C(=O)O[C@H](CC)[C@@](C)(O)[C@H](O)[C@@H](C)C(=O)[C@H](C)C[C@@]2(C)O)O[C@@H]1C. The van der Waals surface area contributed by atoms with E-state index in [9.17, 15) is 35.1 Å². The van der Waals surface area contributed by atoms with Gasteiger partial charge in [0.05, 0.1) is 53.7 Å². The first-order chi connectivity index (χ1) is 25.4. The van der Waals surface area contributed by atoms with Crippen molar-refractivity contribution in [2.45, 2.75) is 179 Å². The van der Waals surface area contributed by atoms with E-state index in [0.717, 1.165) is 0 Å². The number of cyclic esters (lactones) is 1.